The number of carbonyl (C=O) groups is 3. The van der Waals surface area contributed by atoms with Crippen molar-refractivity contribution in [1.82, 2.24) is 0 Å². The summed E-state index contributed by atoms with van der Waals surface area (Å²) in [5, 5.41) is 25.5. The first-order chi connectivity index (χ1) is 18.1. The molecule has 0 aliphatic heterocycles. The molecular formula is C26H26ClN5O6. The quantitative estimate of drug-likeness (QED) is 0.157. The lowest BCUT2D eigenvalue weighted by atomic mass is 10.1. The van der Waals surface area contributed by atoms with E-state index in [9.17, 15) is 14.4 Å². The van der Waals surface area contributed by atoms with Gasteiger partial charge in [0.05, 0.1) is 12.7 Å². The van der Waals surface area contributed by atoms with E-state index in [2.05, 4.69) is 16.0 Å². The number of carboxylic acids is 1. The highest BCUT2D eigenvalue weighted by Crippen LogP contribution is 2.36. The highest BCUT2D eigenvalue weighted by atomic mass is 35.5. The zero-order chi connectivity index (χ0) is 27.8. The molecule has 0 aliphatic carbocycles. The third-order valence-corrected chi connectivity index (χ3v) is 5.40. The molecule has 11 nitrogen and oxygen atoms in total. The van der Waals surface area contributed by atoms with Crippen LogP contribution in [0.25, 0.3) is 0 Å². The highest BCUT2D eigenvalue weighted by Gasteiger charge is 2.18. The average Bonchev–Trinajstić information content (AvgIpc) is 2.86. The predicted molar refractivity (Wildman–Crippen MR) is 145 cm³/mol. The number of nitrogen functional groups attached to an aromatic ring is 1. The van der Waals surface area contributed by atoms with Gasteiger partial charge < -0.3 is 36.3 Å². The Morgan fingerprint density at radius 2 is 1.74 bits per heavy atom. The standard InChI is InChI=1S/C26H26ClN5O6/c1-14(33)31-19-9-16(24(22(11-19)37-2)38-13-23(34)35)12-30-21-8-5-17(27)10-20(21)26(36)32-18-6-3-15(4-7-18)25(28)29/h3-11,30H,12-13H2,1-2H3,(H3,28,29)(H,31,33)(H,32,36)(H,34,35). The van der Waals surface area contributed by atoms with Crippen LogP contribution in [0.1, 0.15) is 28.4 Å². The Kier molecular flexibility index (Phi) is 9.12. The number of halogens is 1. The number of hydrogen-bond donors (Lipinski definition) is 6. The van der Waals surface area contributed by atoms with Crippen molar-refractivity contribution in [2.75, 3.05) is 29.7 Å². The van der Waals surface area contributed by atoms with Crippen LogP contribution in [0.5, 0.6) is 11.5 Å². The second kappa shape index (κ2) is 12.5. The number of nitrogens with one attached hydrogen (secondary N) is 4. The van der Waals surface area contributed by atoms with Crippen LogP contribution < -0.4 is 31.2 Å². The number of benzene rings is 3. The van der Waals surface area contributed by atoms with Crippen molar-refractivity contribution in [3.8, 4) is 11.5 Å². The number of aliphatic carboxylic acids is 1. The van der Waals surface area contributed by atoms with Crippen LogP contribution in [0.3, 0.4) is 0 Å². The van der Waals surface area contributed by atoms with E-state index in [1.807, 2.05) is 0 Å². The summed E-state index contributed by atoms with van der Waals surface area (Å²) >= 11 is 6.16. The minimum absolute atomic E-state index is 0.0773. The van der Waals surface area contributed by atoms with E-state index in [1.165, 1.54) is 26.2 Å². The maximum atomic E-state index is 13.1. The van der Waals surface area contributed by atoms with E-state index in [0.717, 1.165) is 0 Å². The Morgan fingerprint density at radius 3 is 2.34 bits per heavy atom. The smallest absolute Gasteiger partial charge is 0.341 e. The predicted octanol–water partition coefficient (Wildman–Crippen LogP) is 3.92. The molecular weight excluding hydrogens is 514 g/mol. The van der Waals surface area contributed by atoms with E-state index in [4.69, 9.17) is 37.3 Å². The van der Waals surface area contributed by atoms with Crippen molar-refractivity contribution in [3.63, 3.8) is 0 Å². The molecule has 7 N–H and O–H groups in total. The first-order valence-electron chi connectivity index (χ1n) is 11.2. The van der Waals surface area contributed by atoms with Gasteiger partial charge in [-0.25, -0.2) is 4.79 Å². The molecule has 0 saturated heterocycles. The molecule has 0 radical (unpaired) electrons. The molecule has 0 spiro atoms. The molecule has 0 heterocycles. The number of amidine groups is 1. The second-order valence-electron chi connectivity index (χ2n) is 8.02. The molecule has 38 heavy (non-hydrogen) atoms. The molecule has 0 unspecified atom stereocenters. The lowest BCUT2D eigenvalue weighted by molar-refractivity contribution is -0.139. The fourth-order valence-corrected chi connectivity index (χ4v) is 3.67. The SMILES string of the molecule is COc1cc(NC(C)=O)cc(CNc2ccc(Cl)cc2C(=O)Nc2ccc(C(=N)N)cc2)c1OCC(=O)O. The summed E-state index contributed by atoms with van der Waals surface area (Å²) < 4.78 is 10.8. The van der Waals surface area contributed by atoms with Gasteiger partial charge in [0.15, 0.2) is 18.1 Å². The van der Waals surface area contributed by atoms with Crippen LogP contribution in [-0.2, 0) is 16.1 Å². The van der Waals surface area contributed by atoms with Crippen molar-refractivity contribution in [2.45, 2.75) is 13.5 Å². The number of amides is 2. The first kappa shape index (κ1) is 27.8. The number of rotatable bonds is 11. The monoisotopic (exact) mass is 539 g/mol. The molecule has 2 amide bonds. The van der Waals surface area contributed by atoms with Gasteiger partial charge in [0.1, 0.15) is 5.84 Å². The highest BCUT2D eigenvalue weighted by molar-refractivity contribution is 6.31. The number of hydrogen-bond acceptors (Lipinski definition) is 7. The zero-order valence-electron chi connectivity index (χ0n) is 20.6. The average molecular weight is 540 g/mol. The molecule has 3 rings (SSSR count). The van der Waals surface area contributed by atoms with Gasteiger partial charge in [-0.1, -0.05) is 11.6 Å². The summed E-state index contributed by atoms with van der Waals surface area (Å²) in [7, 11) is 1.39. The second-order valence-corrected chi connectivity index (χ2v) is 8.46. The van der Waals surface area contributed by atoms with Crippen LogP contribution in [0.2, 0.25) is 5.02 Å². The summed E-state index contributed by atoms with van der Waals surface area (Å²) in [6.07, 6.45) is 0. The summed E-state index contributed by atoms with van der Waals surface area (Å²) in [5.41, 5.74) is 8.04. The number of ether oxygens (including phenoxy) is 2. The zero-order valence-corrected chi connectivity index (χ0v) is 21.3. The molecule has 12 heteroatoms. The molecule has 0 saturated carbocycles. The molecule has 3 aromatic rings. The van der Waals surface area contributed by atoms with Gasteiger partial charge in [-0.15, -0.1) is 0 Å². The van der Waals surface area contributed by atoms with Crippen LogP contribution >= 0.6 is 11.6 Å². The van der Waals surface area contributed by atoms with Crippen LogP contribution in [0.15, 0.2) is 54.6 Å². The lowest BCUT2D eigenvalue weighted by Crippen LogP contribution is -2.16. The summed E-state index contributed by atoms with van der Waals surface area (Å²) in [6.45, 7) is 0.819. The largest absolute Gasteiger partial charge is 0.493 e. The minimum Gasteiger partial charge on any atom is -0.493 e. The fraction of sp³-hybridized carbons (Fsp3) is 0.154. The van der Waals surface area contributed by atoms with Gasteiger partial charge in [0.25, 0.3) is 5.91 Å². The Bertz CT molecular complexity index is 1380. The lowest BCUT2D eigenvalue weighted by Gasteiger charge is -2.18. The van der Waals surface area contributed by atoms with Gasteiger partial charge in [0.2, 0.25) is 5.91 Å². The van der Waals surface area contributed by atoms with Crippen molar-refractivity contribution in [1.29, 1.82) is 5.41 Å². The molecule has 0 atom stereocenters. The molecule has 0 bridgehead atoms. The van der Waals surface area contributed by atoms with Crippen LogP contribution in [0.4, 0.5) is 17.1 Å². The molecule has 0 aliphatic rings. The van der Waals surface area contributed by atoms with Crippen molar-refractivity contribution in [3.05, 3.63) is 76.3 Å². The van der Waals surface area contributed by atoms with Gasteiger partial charge in [0, 0.05) is 52.7 Å². The van der Waals surface area contributed by atoms with Crippen LogP contribution in [-0.4, -0.2) is 42.4 Å². The molecule has 0 aromatic heterocycles. The van der Waals surface area contributed by atoms with E-state index >= 15 is 0 Å². The van der Waals surface area contributed by atoms with E-state index < -0.39 is 18.5 Å². The van der Waals surface area contributed by atoms with E-state index in [-0.39, 0.29) is 35.4 Å². The topological polar surface area (TPSA) is 176 Å². The summed E-state index contributed by atoms with van der Waals surface area (Å²) in [6, 6.07) is 14.3. The van der Waals surface area contributed by atoms with E-state index in [1.54, 1.807) is 42.5 Å². The van der Waals surface area contributed by atoms with Gasteiger partial charge in [-0.2, -0.15) is 0 Å². The van der Waals surface area contributed by atoms with Crippen molar-refractivity contribution in [2.24, 2.45) is 5.73 Å². The Balaban J connectivity index is 1.90. The number of nitrogens with two attached hydrogens (primary N) is 1. The normalized spacial score (nSPS) is 10.3. The minimum atomic E-state index is -1.18. The maximum absolute atomic E-state index is 13.1. The fourth-order valence-electron chi connectivity index (χ4n) is 3.50. The molecule has 198 valence electrons. The third kappa shape index (κ3) is 7.37. The Hall–Kier alpha value is -4.77. The number of anilines is 3. The first-order valence-corrected chi connectivity index (χ1v) is 11.6. The number of methoxy groups -OCH3 is 1. The number of carbonyl (C=O) groups excluding carboxylic acids is 2. The van der Waals surface area contributed by atoms with Crippen LogP contribution in [0, 0.1) is 5.41 Å². The maximum Gasteiger partial charge on any atom is 0.341 e. The van der Waals surface area contributed by atoms with Crippen molar-refractivity contribution >= 4 is 52.3 Å². The summed E-state index contributed by atoms with van der Waals surface area (Å²) in [4.78, 5) is 35.8. The Morgan fingerprint density at radius 1 is 1.03 bits per heavy atom. The number of carboxylic acid groups (broad SMARTS) is 1. The third-order valence-electron chi connectivity index (χ3n) is 5.16. The molecule has 0 fully saturated rings. The van der Waals surface area contributed by atoms with E-state index in [0.29, 0.717) is 33.2 Å². The molecule has 3 aromatic carbocycles. The van der Waals surface area contributed by atoms with Gasteiger partial charge in [-0.3, -0.25) is 15.0 Å². The Labute approximate surface area is 223 Å². The van der Waals surface area contributed by atoms with Gasteiger partial charge >= 0.3 is 5.97 Å². The van der Waals surface area contributed by atoms with Gasteiger partial charge in [-0.05, 0) is 48.5 Å². The summed E-state index contributed by atoms with van der Waals surface area (Å²) in [5.74, 6) is -1.63. The van der Waals surface area contributed by atoms with Crippen molar-refractivity contribution < 1.29 is 29.0 Å².